The zero-order valence-corrected chi connectivity index (χ0v) is 4.67. The van der Waals surface area contributed by atoms with E-state index in [-0.39, 0.29) is 78.4 Å². The summed E-state index contributed by atoms with van der Waals surface area (Å²) < 4.78 is 0. The van der Waals surface area contributed by atoms with E-state index in [0.717, 1.165) is 0 Å². The van der Waals surface area contributed by atoms with Crippen molar-refractivity contribution in [2.24, 2.45) is 11.5 Å². The fraction of sp³-hybridized carbons (Fsp3) is 0. The molecule has 0 unspecified atom stereocenters. The second kappa shape index (κ2) is 38.9. The molecule has 0 aliphatic carbocycles. The Kier molecular flexibility index (Phi) is 94.7. The molecule has 0 saturated heterocycles. The van der Waals surface area contributed by atoms with E-state index in [9.17, 15) is 0 Å². The summed E-state index contributed by atoms with van der Waals surface area (Å²) in [5, 5.41) is 31.0. The molecular weight excluding hydrogens is 312 g/mol. The topological polar surface area (TPSA) is 168 Å². The van der Waals surface area contributed by atoms with Crippen molar-refractivity contribution in [2.75, 3.05) is 0 Å². The van der Waals surface area contributed by atoms with Crippen LogP contribution in [0, 0.1) is 0 Å². The van der Waals surface area contributed by atoms with Gasteiger partial charge in [-0.1, -0.05) is 0 Å². The Balaban J connectivity index is -0.0000000198. The molecule has 0 aliphatic rings. The number of rotatable bonds is 1. The van der Waals surface area contributed by atoms with E-state index in [1.54, 1.807) is 0 Å². The van der Waals surface area contributed by atoms with Gasteiger partial charge in [0, 0.05) is 0 Å². The molecule has 0 aromatic rings. The molecule has 0 bridgehead atoms. The van der Waals surface area contributed by atoms with E-state index in [4.69, 9.17) is 25.8 Å². The van der Waals surface area contributed by atoms with Crippen molar-refractivity contribution < 1.29 is 35.9 Å². The molecular formula is CH11BaN2NaO7. The van der Waals surface area contributed by atoms with Crippen LogP contribution in [0.3, 0.4) is 0 Å². The average Bonchev–Trinajstić information content (AvgIpc) is 1.91. The van der Waals surface area contributed by atoms with Gasteiger partial charge in [-0.05, 0) is 10.1 Å². The van der Waals surface area contributed by atoms with Gasteiger partial charge in [0.15, 0.2) is 0 Å². The molecule has 0 fully saturated rings. The monoisotopic (exact) mass is 324 g/mol. The SMILES string of the molecule is NC(N)=O.OO.OOOO.[BaH2].[NaH]. The van der Waals surface area contributed by atoms with Gasteiger partial charge in [-0.25, -0.2) is 15.3 Å². The molecule has 12 heavy (non-hydrogen) atoms. The van der Waals surface area contributed by atoms with Crippen LogP contribution in [0.15, 0.2) is 0 Å². The second-order valence-electron chi connectivity index (χ2n) is 0.551. The fourth-order valence-corrected chi connectivity index (χ4v) is 0. The molecule has 0 aromatic carbocycles. The van der Waals surface area contributed by atoms with Gasteiger partial charge in [-0.3, -0.25) is 10.5 Å². The average molecular weight is 323 g/mol. The summed E-state index contributed by atoms with van der Waals surface area (Å²) in [5.74, 6) is 0. The van der Waals surface area contributed by atoms with Crippen LogP contribution >= 0.6 is 0 Å². The molecule has 0 spiro atoms. The van der Waals surface area contributed by atoms with Crippen LogP contribution in [-0.4, -0.2) is 105 Å². The quantitative estimate of drug-likeness (QED) is 0.174. The Morgan fingerprint density at radius 1 is 1.08 bits per heavy atom. The summed E-state index contributed by atoms with van der Waals surface area (Å²) in [6, 6.07) is -0.833. The van der Waals surface area contributed by atoms with E-state index in [2.05, 4.69) is 21.5 Å². The minimum absolute atomic E-state index is 0. The van der Waals surface area contributed by atoms with Crippen LogP contribution in [0.4, 0.5) is 4.79 Å². The predicted octanol–water partition coefficient (Wildman–Crippen LogP) is -2.64. The Hall–Kier alpha value is 1.60. The molecule has 70 valence electrons. The maximum absolute atomic E-state index is 9.00. The molecule has 2 amide bonds. The molecule has 0 rings (SSSR count). The number of hydrogen-bond donors (Lipinski definition) is 6. The van der Waals surface area contributed by atoms with E-state index in [0.29, 0.717) is 0 Å². The number of carbonyl (C=O) groups is 1. The van der Waals surface area contributed by atoms with Crippen molar-refractivity contribution in [1.82, 2.24) is 0 Å². The number of amides is 2. The molecule has 0 heterocycles. The van der Waals surface area contributed by atoms with Gasteiger partial charge in [0.1, 0.15) is 0 Å². The zero-order chi connectivity index (χ0) is 8.99. The van der Waals surface area contributed by atoms with Gasteiger partial charge in [0.05, 0.1) is 0 Å². The van der Waals surface area contributed by atoms with Crippen LogP contribution in [0.2, 0.25) is 0 Å². The molecule has 0 saturated carbocycles. The van der Waals surface area contributed by atoms with E-state index < -0.39 is 6.03 Å². The molecule has 0 atom stereocenters. The van der Waals surface area contributed by atoms with Crippen molar-refractivity contribution in [3.05, 3.63) is 0 Å². The van der Waals surface area contributed by atoms with Crippen molar-refractivity contribution in [1.29, 1.82) is 0 Å². The van der Waals surface area contributed by atoms with Crippen molar-refractivity contribution in [3.63, 3.8) is 0 Å². The first kappa shape index (κ1) is 29.2. The van der Waals surface area contributed by atoms with Crippen molar-refractivity contribution in [3.8, 4) is 0 Å². The number of nitrogens with two attached hydrogens (primary N) is 2. The third-order valence-electron chi connectivity index (χ3n) is 0.0333. The van der Waals surface area contributed by atoms with Crippen LogP contribution in [0.25, 0.3) is 0 Å². The van der Waals surface area contributed by atoms with Gasteiger partial charge in [-0.15, -0.1) is 0 Å². The predicted molar refractivity (Wildman–Crippen MR) is 42.1 cm³/mol. The second-order valence-corrected chi connectivity index (χ2v) is 0.551. The molecule has 0 aliphatic heterocycles. The normalized spacial score (nSPS) is 5.00. The maximum atomic E-state index is 9.00. The van der Waals surface area contributed by atoms with Crippen molar-refractivity contribution in [2.45, 2.75) is 0 Å². The Morgan fingerprint density at radius 2 is 1.17 bits per heavy atom. The summed E-state index contributed by atoms with van der Waals surface area (Å²) in [5.41, 5.74) is 8.50. The molecule has 9 nitrogen and oxygen atoms in total. The van der Waals surface area contributed by atoms with Gasteiger partial charge < -0.3 is 11.5 Å². The molecule has 0 radical (unpaired) electrons. The third kappa shape index (κ3) is 193. The summed E-state index contributed by atoms with van der Waals surface area (Å²) in [6.45, 7) is 0. The third-order valence-corrected chi connectivity index (χ3v) is 0.0333. The van der Waals surface area contributed by atoms with E-state index >= 15 is 0 Å². The molecule has 8 N–H and O–H groups in total. The van der Waals surface area contributed by atoms with Crippen LogP contribution in [0.1, 0.15) is 0 Å². The van der Waals surface area contributed by atoms with Gasteiger partial charge >= 0.3 is 84.5 Å². The number of primary amides is 2. The van der Waals surface area contributed by atoms with Crippen molar-refractivity contribution >= 4 is 84.5 Å². The summed E-state index contributed by atoms with van der Waals surface area (Å²) in [6.07, 6.45) is 0. The van der Waals surface area contributed by atoms with Crippen LogP contribution < -0.4 is 11.5 Å². The Labute approximate surface area is 130 Å². The number of carbonyl (C=O) groups excluding carboxylic acids is 1. The molecule has 0 aromatic heterocycles. The van der Waals surface area contributed by atoms with E-state index in [1.165, 1.54) is 0 Å². The molecule has 11 heteroatoms. The van der Waals surface area contributed by atoms with Gasteiger partial charge in [0.25, 0.3) is 0 Å². The van der Waals surface area contributed by atoms with Gasteiger partial charge in [-0.2, -0.15) is 0 Å². The van der Waals surface area contributed by atoms with Crippen LogP contribution in [-0.2, 0) is 10.1 Å². The summed E-state index contributed by atoms with van der Waals surface area (Å²) in [4.78, 5) is 9.00. The zero-order valence-electron chi connectivity index (χ0n) is 4.67. The first-order chi connectivity index (χ1) is 4.65. The minimum atomic E-state index is -0.833. The number of urea groups is 1. The number of hydrogen-bond acceptors (Lipinski definition) is 7. The fourth-order valence-electron chi connectivity index (χ4n) is 0. The Morgan fingerprint density at radius 3 is 1.17 bits per heavy atom. The van der Waals surface area contributed by atoms with Gasteiger partial charge in [0.2, 0.25) is 0 Å². The standard InChI is InChI=1S/CH4N2O.Ba.Na.H2O4.H2O2.3H/c2-1(3)4;;;1-3-4-2;1-2;;;/h(H4,2,3,4);;;1-2H;1-2H;;;. The first-order valence-corrected chi connectivity index (χ1v) is 1.51. The van der Waals surface area contributed by atoms with E-state index in [1.807, 2.05) is 0 Å². The summed E-state index contributed by atoms with van der Waals surface area (Å²) >= 11 is 0. The first-order valence-electron chi connectivity index (χ1n) is 1.51. The van der Waals surface area contributed by atoms with Crippen LogP contribution in [0.5, 0.6) is 0 Å². The summed E-state index contributed by atoms with van der Waals surface area (Å²) in [7, 11) is 0. The Bertz CT molecular complexity index is 59.4.